The van der Waals surface area contributed by atoms with Crippen molar-refractivity contribution >= 4 is 18.2 Å². The molecule has 0 aliphatic rings. The monoisotopic (exact) mass is 443 g/mol. The molecule has 2 rings (SSSR count). The van der Waals surface area contributed by atoms with Crippen LogP contribution in [0.3, 0.4) is 0 Å². The van der Waals surface area contributed by atoms with Gasteiger partial charge in [-0.15, -0.1) is 0 Å². The summed E-state index contributed by atoms with van der Waals surface area (Å²) in [7, 11) is 4.83. The molecule has 174 valence electrons. The number of hydrogen-bond donors (Lipinski definition) is 1. The van der Waals surface area contributed by atoms with Crippen LogP contribution in [-0.4, -0.2) is 46.7 Å². The van der Waals surface area contributed by atoms with Crippen LogP contribution in [0.25, 0.3) is 12.2 Å². The summed E-state index contributed by atoms with van der Waals surface area (Å²) in [6.45, 7) is 6.49. The normalized spacial score (nSPS) is 10.8. The first-order valence-corrected chi connectivity index (χ1v) is 10.6. The van der Waals surface area contributed by atoms with Gasteiger partial charge in [0.1, 0.15) is 0 Å². The van der Waals surface area contributed by atoms with Crippen molar-refractivity contribution < 1.29 is 28.5 Å². The second-order valence-electron chi connectivity index (χ2n) is 7.21. The van der Waals surface area contributed by atoms with Gasteiger partial charge in [-0.1, -0.05) is 18.2 Å². The molecule has 1 N–H and O–H groups in total. The lowest BCUT2D eigenvalue weighted by Gasteiger charge is -2.15. The number of ether oxygens (including phenoxy) is 5. The van der Waals surface area contributed by atoms with E-state index in [0.29, 0.717) is 42.6 Å². The van der Waals surface area contributed by atoms with E-state index in [1.165, 1.54) is 0 Å². The Morgan fingerprint density at radius 3 is 2.25 bits per heavy atom. The van der Waals surface area contributed by atoms with Crippen LogP contribution in [0.2, 0.25) is 0 Å². The summed E-state index contributed by atoms with van der Waals surface area (Å²) in [6, 6.07) is 9.64. The molecule has 0 bridgehead atoms. The van der Waals surface area contributed by atoms with Gasteiger partial charge in [-0.25, -0.2) is 4.79 Å². The van der Waals surface area contributed by atoms with Crippen molar-refractivity contribution in [1.29, 1.82) is 0 Å². The SMILES string of the molecule is CCOC(=O)NCCc1cc(OC)c(OC)cc1/C=C/c1ccc(OC)c(OC(C)C)c1. The predicted molar refractivity (Wildman–Crippen MR) is 126 cm³/mol. The maximum absolute atomic E-state index is 11.6. The smallest absolute Gasteiger partial charge is 0.407 e. The average Bonchev–Trinajstić information content (AvgIpc) is 2.77. The minimum atomic E-state index is -0.430. The van der Waals surface area contributed by atoms with Gasteiger partial charge in [0.2, 0.25) is 0 Å². The van der Waals surface area contributed by atoms with E-state index in [0.717, 1.165) is 16.7 Å². The van der Waals surface area contributed by atoms with Gasteiger partial charge in [-0.05, 0) is 68.1 Å². The second kappa shape index (κ2) is 12.5. The molecule has 32 heavy (non-hydrogen) atoms. The topological polar surface area (TPSA) is 75.3 Å². The van der Waals surface area contributed by atoms with Gasteiger partial charge in [0, 0.05) is 6.54 Å². The van der Waals surface area contributed by atoms with Crippen LogP contribution in [0.5, 0.6) is 23.0 Å². The highest BCUT2D eigenvalue weighted by molar-refractivity contribution is 5.74. The van der Waals surface area contributed by atoms with Gasteiger partial charge < -0.3 is 29.0 Å². The summed E-state index contributed by atoms with van der Waals surface area (Å²) in [5.74, 6) is 2.64. The molecule has 0 fully saturated rings. The van der Waals surface area contributed by atoms with Crippen LogP contribution >= 0.6 is 0 Å². The first kappa shape index (κ1) is 24.9. The molecule has 0 aromatic heterocycles. The minimum absolute atomic E-state index is 0.0347. The molecule has 0 atom stereocenters. The fourth-order valence-corrected chi connectivity index (χ4v) is 3.12. The maximum atomic E-state index is 11.6. The zero-order valence-corrected chi connectivity index (χ0v) is 19.7. The van der Waals surface area contributed by atoms with Crippen molar-refractivity contribution in [1.82, 2.24) is 5.32 Å². The van der Waals surface area contributed by atoms with Crippen molar-refractivity contribution in [3.05, 3.63) is 47.0 Å². The van der Waals surface area contributed by atoms with Crippen LogP contribution in [0.15, 0.2) is 30.3 Å². The van der Waals surface area contributed by atoms with Crippen molar-refractivity contribution in [2.24, 2.45) is 0 Å². The number of carbonyl (C=O) groups excluding carboxylic acids is 1. The Bertz CT molecular complexity index is 923. The van der Waals surface area contributed by atoms with E-state index < -0.39 is 6.09 Å². The average molecular weight is 444 g/mol. The van der Waals surface area contributed by atoms with E-state index in [1.54, 1.807) is 28.3 Å². The van der Waals surface area contributed by atoms with Gasteiger partial charge >= 0.3 is 6.09 Å². The number of amides is 1. The summed E-state index contributed by atoms with van der Waals surface area (Å²) in [4.78, 5) is 11.6. The van der Waals surface area contributed by atoms with Gasteiger partial charge in [0.15, 0.2) is 23.0 Å². The first-order valence-electron chi connectivity index (χ1n) is 10.6. The number of benzene rings is 2. The predicted octanol–water partition coefficient (Wildman–Crippen LogP) is 4.96. The van der Waals surface area contributed by atoms with E-state index in [4.69, 9.17) is 23.7 Å². The van der Waals surface area contributed by atoms with Crippen molar-refractivity contribution in [2.45, 2.75) is 33.3 Å². The Morgan fingerprint density at radius 2 is 1.62 bits per heavy atom. The van der Waals surface area contributed by atoms with Gasteiger partial charge in [0.25, 0.3) is 0 Å². The number of hydrogen-bond acceptors (Lipinski definition) is 6. The molecule has 0 saturated heterocycles. The Morgan fingerprint density at radius 1 is 0.938 bits per heavy atom. The van der Waals surface area contributed by atoms with Gasteiger partial charge in [-0.2, -0.15) is 0 Å². The Hall–Kier alpha value is -3.35. The summed E-state index contributed by atoms with van der Waals surface area (Å²) in [6.07, 6.45) is 4.20. The molecule has 0 saturated carbocycles. The Balaban J connectivity index is 2.31. The third-order valence-electron chi connectivity index (χ3n) is 4.59. The van der Waals surface area contributed by atoms with Crippen LogP contribution in [0.4, 0.5) is 4.79 Å². The van der Waals surface area contributed by atoms with E-state index in [1.807, 2.05) is 56.3 Å². The van der Waals surface area contributed by atoms with Crippen LogP contribution in [-0.2, 0) is 11.2 Å². The third-order valence-corrected chi connectivity index (χ3v) is 4.59. The molecular weight excluding hydrogens is 410 g/mol. The van der Waals surface area contributed by atoms with E-state index in [9.17, 15) is 4.79 Å². The molecule has 0 heterocycles. The standard InChI is InChI=1S/C25H33NO6/c1-7-31-25(27)26-13-12-20-16-23(30-6)22(29-5)15-19(20)10-8-18-9-11-21(28-4)24(14-18)32-17(2)3/h8-11,14-17H,7,12-13H2,1-6H3,(H,26,27)/b10-8+. The minimum Gasteiger partial charge on any atom is -0.493 e. The largest absolute Gasteiger partial charge is 0.493 e. The van der Waals surface area contributed by atoms with Gasteiger partial charge in [0.05, 0.1) is 34.0 Å². The quantitative estimate of drug-likeness (QED) is 0.495. The number of nitrogens with one attached hydrogen (secondary N) is 1. The Kier molecular flexibility index (Phi) is 9.73. The highest BCUT2D eigenvalue weighted by Crippen LogP contribution is 2.33. The lowest BCUT2D eigenvalue weighted by atomic mass is 10.0. The van der Waals surface area contributed by atoms with Crippen molar-refractivity contribution in [3.8, 4) is 23.0 Å². The fourth-order valence-electron chi connectivity index (χ4n) is 3.12. The van der Waals surface area contributed by atoms with Gasteiger partial charge in [-0.3, -0.25) is 0 Å². The molecule has 0 unspecified atom stereocenters. The molecule has 2 aromatic carbocycles. The zero-order chi connectivity index (χ0) is 23.5. The molecular formula is C25H33NO6. The highest BCUT2D eigenvalue weighted by Gasteiger charge is 2.11. The lowest BCUT2D eigenvalue weighted by molar-refractivity contribution is 0.152. The molecule has 7 nitrogen and oxygen atoms in total. The fraction of sp³-hybridized carbons (Fsp3) is 0.400. The van der Waals surface area contributed by atoms with Crippen LogP contribution in [0.1, 0.15) is 37.5 Å². The van der Waals surface area contributed by atoms with E-state index in [2.05, 4.69) is 5.32 Å². The molecule has 0 radical (unpaired) electrons. The molecule has 0 spiro atoms. The third kappa shape index (κ3) is 7.11. The van der Waals surface area contributed by atoms with Crippen molar-refractivity contribution in [2.75, 3.05) is 34.5 Å². The summed E-state index contributed by atoms with van der Waals surface area (Å²) in [5, 5.41) is 2.75. The molecule has 2 aromatic rings. The van der Waals surface area contributed by atoms with Crippen LogP contribution in [0, 0.1) is 0 Å². The highest BCUT2D eigenvalue weighted by atomic mass is 16.5. The van der Waals surface area contributed by atoms with Crippen LogP contribution < -0.4 is 24.3 Å². The molecule has 7 heteroatoms. The van der Waals surface area contributed by atoms with E-state index in [-0.39, 0.29) is 6.10 Å². The number of alkyl carbamates (subject to hydrolysis) is 1. The lowest BCUT2D eigenvalue weighted by Crippen LogP contribution is -2.26. The summed E-state index contributed by atoms with van der Waals surface area (Å²) >= 11 is 0. The zero-order valence-electron chi connectivity index (χ0n) is 19.7. The second-order valence-corrected chi connectivity index (χ2v) is 7.21. The van der Waals surface area contributed by atoms with Crippen molar-refractivity contribution in [3.63, 3.8) is 0 Å². The summed E-state index contributed by atoms with van der Waals surface area (Å²) in [5.41, 5.74) is 2.92. The maximum Gasteiger partial charge on any atom is 0.407 e. The number of rotatable bonds is 11. The molecule has 0 aliphatic heterocycles. The number of methoxy groups -OCH3 is 3. The summed E-state index contributed by atoms with van der Waals surface area (Å²) < 4.78 is 27.1. The Labute approximate surface area is 190 Å². The van der Waals surface area contributed by atoms with E-state index >= 15 is 0 Å². The number of carbonyl (C=O) groups is 1. The first-order chi connectivity index (χ1) is 15.4. The molecule has 0 aliphatic carbocycles. The molecule has 1 amide bonds.